The van der Waals surface area contributed by atoms with E-state index in [1.165, 1.54) is 16.8 Å². The lowest BCUT2D eigenvalue weighted by Crippen LogP contribution is -2.40. The fraction of sp³-hybridized carbons (Fsp3) is 0.700. The van der Waals surface area contributed by atoms with Gasteiger partial charge >= 0.3 is 0 Å². The molecular weight excluding hydrogens is 240 g/mol. The van der Waals surface area contributed by atoms with Crippen molar-refractivity contribution in [3.05, 3.63) is 12.5 Å². The number of aromatic amines is 1. The maximum atomic E-state index is 12.2. The largest absolute Gasteiger partial charge is 0.335 e. The SMILES string of the molecule is NCCC1CCCN(S(=O)(=O)c2cnc[nH]2)C1. The number of piperidine rings is 1. The summed E-state index contributed by atoms with van der Waals surface area (Å²) in [5.41, 5.74) is 5.52. The highest BCUT2D eigenvalue weighted by Gasteiger charge is 2.30. The van der Waals surface area contributed by atoms with E-state index in [2.05, 4.69) is 9.97 Å². The van der Waals surface area contributed by atoms with Crippen molar-refractivity contribution < 1.29 is 8.42 Å². The molecule has 0 bridgehead atoms. The average molecular weight is 258 g/mol. The van der Waals surface area contributed by atoms with Crippen molar-refractivity contribution in [1.82, 2.24) is 14.3 Å². The van der Waals surface area contributed by atoms with Gasteiger partial charge in [0.1, 0.15) is 0 Å². The van der Waals surface area contributed by atoms with Crippen LogP contribution in [-0.4, -0.2) is 42.3 Å². The third-order valence-corrected chi connectivity index (χ3v) is 4.94. The minimum atomic E-state index is -3.40. The van der Waals surface area contributed by atoms with E-state index < -0.39 is 10.0 Å². The molecular formula is C10H18N4O2S. The highest BCUT2D eigenvalue weighted by Crippen LogP contribution is 2.23. The van der Waals surface area contributed by atoms with Crippen molar-refractivity contribution in [2.24, 2.45) is 11.7 Å². The van der Waals surface area contributed by atoms with Crippen LogP contribution in [0.25, 0.3) is 0 Å². The molecule has 1 aromatic rings. The van der Waals surface area contributed by atoms with Crippen molar-refractivity contribution >= 4 is 10.0 Å². The number of imidazole rings is 1. The van der Waals surface area contributed by atoms with Gasteiger partial charge < -0.3 is 10.7 Å². The quantitative estimate of drug-likeness (QED) is 0.804. The normalized spacial score (nSPS) is 22.8. The van der Waals surface area contributed by atoms with Crippen molar-refractivity contribution in [2.75, 3.05) is 19.6 Å². The van der Waals surface area contributed by atoms with Gasteiger partial charge in [-0.05, 0) is 31.7 Å². The first kappa shape index (κ1) is 12.5. The zero-order valence-electron chi connectivity index (χ0n) is 9.67. The first-order valence-electron chi connectivity index (χ1n) is 5.83. The Balaban J connectivity index is 2.12. The molecule has 3 N–H and O–H groups in total. The van der Waals surface area contributed by atoms with Crippen molar-refractivity contribution in [1.29, 1.82) is 0 Å². The summed E-state index contributed by atoms with van der Waals surface area (Å²) in [5.74, 6) is 0.381. The summed E-state index contributed by atoms with van der Waals surface area (Å²) in [5, 5.41) is 0.172. The van der Waals surface area contributed by atoms with Gasteiger partial charge in [-0.25, -0.2) is 13.4 Å². The second-order valence-electron chi connectivity index (χ2n) is 4.36. The third kappa shape index (κ3) is 2.67. The summed E-state index contributed by atoms with van der Waals surface area (Å²) in [7, 11) is -3.40. The number of nitrogens with two attached hydrogens (primary N) is 1. The Hall–Kier alpha value is -0.920. The molecule has 0 radical (unpaired) electrons. The van der Waals surface area contributed by atoms with Crippen LogP contribution in [0.5, 0.6) is 0 Å². The van der Waals surface area contributed by atoms with Gasteiger partial charge in [-0.2, -0.15) is 4.31 Å². The van der Waals surface area contributed by atoms with Crippen LogP contribution in [-0.2, 0) is 10.0 Å². The first-order chi connectivity index (χ1) is 8.14. The summed E-state index contributed by atoms with van der Waals surface area (Å²) in [6.45, 7) is 1.77. The van der Waals surface area contributed by atoms with E-state index >= 15 is 0 Å². The van der Waals surface area contributed by atoms with Crippen LogP contribution in [0, 0.1) is 5.92 Å². The molecule has 0 aromatic carbocycles. The topological polar surface area (TPSA) is 92.1 Å². The molecule has 6 nitrogen and oxygen atoms in total. The fourth-order valence-corrected chi connectivity index (χ4v) is 3.69. The maximum Gasteiger partial charge on any atom is 0.260 e. The van der Waals surface area contributed by atoms with Crippen LogP contribution in [0.4, 0.5) is 0 Å². The van der Waals surface area contributed by atoms with E-state index in [1.807, 2.05) is 0 Å². The van der Waals surface area contributed by atoms with Crippen molar-refractivity contribution in [2.45, 2.75) is 24.3 Å². The van der Waals surface area contributed by atoms with E-state index in [1.54, 1.807) is 0 Å². The Morgan fingerprint density at radius 2 is 2.41 bits per heavy atom. The lowest BCUT2D eigenvalue weighted by molar-refractivity contribution is 0.257. The van der Waals surface area contributed by atoms with Crippen molar-refractivity contribution in [3.8, 4) is 0 Å². The highest BCUT2D eigenvalue weighted by atomic mass is 32.2. The summed E-state index contributed by atoms with van der Waals surface area (Å²) in [4.78, 5) is 6.41. The molecule has 2 rings (SSSR count). The van der Waals surface area contributed by atoms with Gasteiger partial charge in [-0.3, -0.25) is 0 Å². The number of nitrogens with one attached hydrogen (secondary N) is 1. The lowest BCUT2D eigenvalue weighted by atomic mass is 9.96. The molecule has 17 heavy (non-hydrogen) atoms. The Morgan fingerprint density at radius 1 is 1.59 bits per heavy atom. The molecule has 0 saturated carbocycles. The van der Waals surface area contributed by atoms with Crippen LogP contribution < -0.4 is 5.73 Å². The highest BCUT2D eigenvalue weighted by molar-refractivity contribution is 7.89. The van der Waals surface area contributed by atoms with Gasteiger partial charge in [0.05, 0.1) is 12.5 Å². The van der Waals surface area contributed by atoms with E-state index in [0.717, 1.165) is 19.3 Å². The van der Waals surface area contributed by atoms with E-state index in [-0.39, 0.29) is 5.03 Å². The van der Waals surface area contributed by atoms with Gasteiger partial charge in [0.25, 0.3) is 10.0 Å². The Labute approximate surface area is 101 Å². The van der Waals surface area contributed by atoms with E-state index in [9.17, 15) is 8.42 Å². The second kappa shape index (κ2) is 5.16. The van der Waals surface area contributed by atoms with Crippen LogP contribution >= 0.6 is 0 Å². The second-order valence-corrected chi connectivity index (χ2v) is 6.27. The molecule has 1 aromatic heterocycles. The summed E-state index contributed by atoms with van der Waals surface area (Å²) < 4.78 is 26.0. The monoisotopic (exact) mass is 258 g/mol. The van der Waals surface area contributed by atoms with Crippen LogP contribution in [0.3, 0.4) is 0 Å². The lowest BCUT2D eigenvalue weighted by Gasteiger charge is -2.31. The molecule has 1 aliphatic heterocycles. The summed E-state index contributed by atoms with van der Waals surface area (Å²) >= 11 is 0. The van der Waals surface area contributed by atoms with Crippen LogP contribution in [0.1, 0.15) is 19.3 Å². The van der Waals surface area contributed by atoms with Gasteiger partial charge in [0, 0.05) is 13.1 Å². The number of rotatable bonds is 4. The Kier molecular flexibility index (Phi) is 3.80. The minimum Gasteiger partial charge on any atom is -0.335 e. The molecule has 1 unspecified atom stereocenters. The van der Waals surface area contributed by atoms with Gasteiger partial charge in [0.15, 0.2) is 5.03 Å². The Morgan fingerprint density at radius 3 is 3.06 bits per heavy atom. The predicted molar refractivity (Wildman–Crippen MR) is 63.7 cm³/mol. The standard InChI is InChI=1S/C10H18N4O2S/c11-4-3-9-2-1-5-14(7-9)17(15,16)10-6-12-8-13-10/h6,8-9H,1-5,7,11H2,(H,12,13). The molecule has 1 aliphatic rings. The number of hydrogen-bond donors (Lipinski definition) is 2. The maximum absolute atomic E-state index is 12.2. The van der Waals surface area contributed by atoms with Crippen LogP contribution in [0.15, 0.2) is 17.6 Å². The first-order valence-corrected chi connectivity index (χ1v) is 7.27. The molecule has 0 spiro atoms. The molecule has 7 heteroatoms. The molecule has 0 amide bonds. The van der Waals surface area contributed by atoms with Gasteiger partial charge in [-0.15, -0.1) is 0 Å². The van der Waals surface area contributed by atoms with Crippen molar-refractivity contribution in [3.63, 3.8) is 0 Å². The number of hydrogen-bond acceptors (Lipinski definition) is 4. The molecule has 96 valence electrons. The minimum absolute atomic E-state index is 0.172. The van der Waals surface area contributed by atoms with E-state index in [4.69, 9.17) is 5.73 Å². The summed E-state index contributed by atoms with van der Waals surface area (Å²) in [6.07, 6.45) is 5.58. The molecule has 0 aliphatic carbocycles. The number of aromatic nitrogens is 2. The van der Waals surface area contributed by atoms with E-state index in [0.29, 0.717) is 25.6 Å². The third-order valence-electron chi connectivity index (χ3n) is 3.15. The average Bonchev–Trinajstić information content (AvgIpc) is 2.84. The predicted octanol–water partition coefficient (Wildman–Crippen LogP) is 0.159. The number of H-pyrrole nitrogens is 1. The van der Waals surface area contributed by atoms with Gasteiger partial charge in [0.2, 0.25) is 0 Å². The molecule has 1 fully saturated rings. The molecule has 1 saturated heterocycles. The number of sulfonamides is 1. The van der Waals surface area contributed by atoms with Crippen LogP contribution in [0.2, 0.25) is 0 Å². The number of nitrogens with zero attached hydrogens (tertiary/aromatic N) is 2. The fourth-order valence-electron chi connectivity index (χ4n) is 2.24. The zero-order chi connectivity index (χ0) is 12.3. The Bertz CT molecular complexity index is 441. The molecule has 2 heterocycles. The zero-order valence-corrected chi connectivity index (χ0v) is 10.5. The smallest absolute Gasteiger partial charge is 0.260 e. The van der Waals surface area contributed by atoms with Gasteiger partial charge in [-0.1, -0.05) is 0 Å². The summed E-state index contributed by atoms with van der Waals surface area (Å²) in [6, 6.07) is 0. The molecule has 1 atom stereocenters.